The normalized spacial score (nSPS) is 11.6. The second kappa shape index (κ2) is 10.4. The van der Waals surface area contributed by atoms with Crippen molar-refractivity contribution in [1.29, 1.82) is 0 Å². The van der Waals surface area contributed by atoms with E-state index >= 15 is 0 Å². The van der Waals surface area contributed by atoms with E-state index in [1.165, 1.54) is 12.1 Å². The zero-order chi connectivity index (χ0) is 18.8. The van der Waals surface area contributed by atoms with Crippen LogP contribution >= 0.6 is 0 Å². The Morgan fingerprint density at radius 1 is 1.32 bits per heavy atom. The fraction of sp³-hybridized carbons (Fsp3) is 0.556. The summed E-state index contributed by atoms with van der Waals surface area (Å²) in [6, 6.07) is 4.09. The Morgan fingerprint density at radius 3 is 2.64 bits per heavy atom. The lowest BCUT2D eigenvalue weighted by atomic mass is 9.99. The number of nitrogens with one attached hydrogen (secondary N) is 1. The third-order valence-electron chi connectivity index (χ3n) is 4.11. The maximum atomic E-state index is 11.9. The van der Waals surface area contributed by atoms with E-state index in [-0.39, 0.29) is 17.2 Å². The van der Waals surface area contributed by atoms with Gasteiger partial charge in [-0.3, -0.25) is 14.9 Å². The fourth-order valence-electron chi connectivity index (χ4n) is 2.40. The Kier molecular flexibility index (Phi) is 8.60. The number of hydrogen-bond acceptors (Lipinski definition) is 5. The van der Waals surface area contributed by atoms with Crippen LogP contribution in [0, 0.1) is 23.0 Å². The molecule has 0 saturated carbocycles. The third-order valence-corrected chi connectivity index (χ3v) is 4.11. The lowest BCUT2D eigenvalue weighted by Gasteiger charge is -2.15. The first-order valence-electron chi connectivity index (χ1n) is 8.57. The number of hydrogen-bond donors (Lipinski definition) is 1. The molecule has 25 heavy (non-hydrogen) atoms. The van der Waals surface area contributed by atoms with E-state index in [0.29, 0.717) is 18.0 Å². The first-order valence-corrected chi connectivity index (χ1v) is 8.57. The lowest BCUT2D eigenvalue weighted by molar-refractivity contribution is -0.385. The van der Waals surface area contributed by atoms with Crippen molar-refractivity contribution in [2.45, 2.75) is 46.5 Å². The monoisotopic (exact) mass is 350 g/mol. The highest BCUT2D eigenvalue weighted by molar-refractivity contribution is 5.92. The summed E-state index contributed by atoms with van der Waals surface area (Å²) in [7, 11) is 0. The lowest BCUT2D eigenvalue weighted by Crippen LogP contribution is -2.32. The number of nitro groups is 1. The molecular formula is C18H26N2O5. The first kappa shape index (κ1) is 20.6. The van der Waals surface area contributed by atoms with Gasteiger partial charge in [0, 0.05) is 18.2 Å². The molecule has 138 valence electrons. The number of nitro benzene ring substituents is 1. The number of carbonyl (C=O) groups is 2. The molecule has 1 atom stereocenters. The van der Waals surface area contributed by atoms with Crippen molar-refractivity contribution in [3.8, 4) is 0 Å². The molecule has 0 saturated heterocycles. The van der Waals surface area contributed by atoms with E-state index in [0.717, 1.165) is 31.7 Å². The van der Waals surface area contributed by atoms with Crippen molar-refractivity contribution < 1.29 is 19.2 Å². The number of esters is 1. The number of nitrogens with zero attached hydrogens (tertiary/aromatic N) is 1. The van der Waals surface area contributed by atoms with Crippen LogP contribution in [0.2, 0.25) is 0 Å². The Hall–Kier alpha value is -2.44. The summed E-state index contributed by atoms with van der Waals surface area (Å²) in [6.07, 6.45) is 4.27. The van der Waals surface area contributed by atoms with E-state index < -0.39 is 17.5 Å². The van der Waals surface area contributed by atoms with Crippen molar-refractivity contribution in [1.82, 2.24) is 5.32 Å². The number of unbranched alkanes of at least 4 members (excludes halogenated alkanes) is 1. The van der Waals surface area contributed by atoms with E-state index in [4.69, 9.17) is 4.74 Å². The van der Waals surface area contributed by atoms with Crippen molar-refractivity contribution >= 4 is 17.6 Å². The van der Waals surface area contributed by atoms with Gasteiger partial charge < -0.3 is 10.1 Å². The van der Waals surface area contributed by atoms with E-state index in [2.05, 4.69) is 19.2 Å². The number of carbonyl (C=O) groups excluding carboxylic acids is 2. The van der Waals surface area contributed by atoms with Crippen LogP contribution in [0.5, 0.6) is 0 Å². The van der Waals surface area contributed by atoms with Crippen LogP contribution in [0.15, 0.2) is 18.2 Å². The summed E-state index contributed by atoms with van der Waals surface area (Å²) in [5.41, 5.74) is 0.358. The highest BCUT2D eigenvalue weighted by Gasteiger charge is 2.17. The highest BCUT2D eigenvalue weighted by atomic mass is 16.6. The number of rotatable bonds is 10. The quantitative estimate of drug-likeness (QED) is 0.396. The molecule has 1 N–H and O–H groups in total. The van der Waals surface area contributed by atoms with E-state index in [1.54, 1.807) is 6.92 Å². The van der Waals surface area contributed by atoms with Gasteiger partial charge in [0.1, 0.15) is 0 Å². The predicted octanol–water partition coefficient (Wildman–Crippen LogP) is 3.39. The minimum atomic E-state index is -0.753. The van der Waals surface area contributed by atoms with Gasteiger partial charge in [-0.05, 0) is 25.3 Å². The molecule has 0 aliphatic carbocycles. The maximum absolute atomic E-state index is 11.9. The van der Waals surface area contributed by atoms with Crippen LogP contribution in [0.3, 0.4) is 0 Å². The standard InChI is InChI=1S/C18H26N2O5/c1-4-6-7-14(5-2)11-19-17(21)12-25-18(22)15-9-8-13(3)16(10-15)20(23)24/h8-10,14H,4-7,11-12H2,1-3H3,(H,19,21)/t14-/m0/s1. The minimum Gasteiger partial charge on any atom is -0.452 e. The molecule has 0 aliphatic rings. The zero-order valence-corrected chi connectivity index (χ0v) is 15.0. The molecule has 0 bridgehead atoms. The molecule has 1 amide bonds. The largest absolute Gasteiger partial charge is 0.452 e. The van der Waals surface area contributed by atoms with Gasteiger partial charge in [-0.2, -0.15) is 0 Å². The Morgan fingerprint density at radius 2 is 2.04 bits per heavy atom. The molecule has 0 heterocycles. The molecule has 0 unspecified atom stereocenters. The smallest absolute Gasteiger partial charge is 0.338 e. The summed E-state index contributed by atoms with van der Waals surface area (Å²) in [6.45, 7) is 5.95. The summed E-state index contributed by atoms with van der Waals surface area (Å²) in [5, 5.41) is 13.7. The van der Waals surface area contributed by atoms with E-state index in [1.807, 2.05) is 0 Å². The van der Waals surface area contributed by atoms with Gasteiger partial charge in [0.2, 0.25) is 0 Å². The Labute approximate surface area is 147 Å². The van der Waals surface area contributed by atoms with Gasteiger partial charge in [0.15, 0.2) is 6.61 Å². The molecule has 1 aromatic carbocycles. The molecule has 0 aliphatic heterocycles. The van der Waals surface area contributed by atoms with Crippen molar-refractivity contribution in [2.24, 2.45) is 5.92 Å². The van der Waals surface area contributed by atoms with Crippen LogP contribution in [0.1, 0.15) is 55.5 Å². The Balaban J connectivity index is 2.49. The fourth-order valence-corrected chi connectivity index (χ4v) is 2.40. The average molecular weight is 350 g/mol. The van der Waals surface area contributed by atoms with Crippen LogP contribution in [-0.2, 0) is 9.53 Å². The predicted molar refractivity (Wildman–Crippen MR) is 94.4 cm³/mol. The second-order valence-electron chi connectivity index (χ2n) is 6.06. The molecule has 0 aromatic heterocycles. The van der Waals surface area contributed by atoms with E-state index in [9.17, 15) is 19.7 Å². The molecule has 7 nitrogen and oxygen atoms in total. The molecule has 0 fully saturated rings. The van der Waals surface area contributed by atoms with Crippen molar-refractivity contribution in [3.05, 3.63) is 39.4 Å². The van der Waals surface area contributed by atoms with Gasteiger partial charge in [-0.25, -0.2) is 4.79 Å². The van der Waals surface area contributed by atoms with Crippen LogP contribution in [0.4, 0.5) is 5.69 Å². The molecule has 7 heteroatoms. The zero-order valence-electron chi connectivity index (χ0n) is 15.0. The average Bonchev–Trinajstić information content (AvgIpc) is 2.59. The van der Waals surface area contributed by atoms with Crippen molar-refractivity contribution in [2.75, 3.05) is 13.2 Å². The SMILES string of the molecule is CCCC[C@H](CC)CNC(=O)COC(=O)c1ccc(C)c([N+](=O)[O-])c1. The summed E-state index contributed by atoms with van der Waals surface area (Å²) in [4.78, 5) is 34.1. The molecule has 0 spiro atoms. The molecule has 1 aromatic rings. The topological polar surface area (TPSA) is 98.5 Å². The van der Waals surface area contributed by atoms with Gasteiger partial charge in [0.25, 0.3) is 11.6 Å². The summed E-state index contributed by atoms with van der Waals surface area (Å²) >= 11 is 0. The van der Waals surface area contributed by atoms with Gasteiger partial charge in [-0.15, -0.1) is 0 Å². The highest BCUT2D eigenvalue weighted by Crippen LogP contribution is 2.19. The van der Waals surface area contributed by atoms with Gasteiger partial charge >= 0.3 is 5.97 Å². The molecule has 1 rings (SSSR count). The molecule has 0 radical (unpaired) electrons. The van der Waals surface area contributed by atoms with Crippen molar-refractivity contribution in [3.63, 3.8) is 0 Å². The minimum absolute atomic E-state index is 0.0551. The number of benzene rings is 1. The third kappa shape index (κ3) is 6.91. The Bertz CT molecular complexity index is 615. The summed E-state index contributed by atoms with van der Waals surface area (Å²) < 4.78 is 4.94. The maximum Gasteiger partial charge on any atom is 0.338 e. The second-order valence-corrected chi connectivity index (χ2v) is 6.06. The van der Waals surface area contributed by atoms with Gasteiger partial charge in [0.05, 0.1) is 10.5 Å². The first-order chi connectivity index (χ1) is 11.9. The number of aryl methyl sites for hydroxylation is 1. The summed E-state index contributed by atoms with van der Waals surface area (Å²) in [5.74, 6) is -0.708. The van der Waals surface area contributed by atoms with Crippen LogP contribution in [0.25, 0.3) is 0 Å². The van der Waals surface area contributed by atoms with Crippen LogP contribution in [-0.4, -0.2) is 30.0 Å². The number of ether oxygens (including phenoxy) is 1. The van der Waals surface area contributed by atoms with Gasteiger partial charge in [-0.1, -0.05) is 39.2 Å². The molecular weight excluding hydrogens is 324 g/mol. The number of amides is 1. The van der Waals surface area contributed by atoms with Crippen LogP contribution < -0.4 is 5.32 Å².